The van der Waals surface area contributed by atoms with Crippen LogP contribution in [0, 0.1) is 0 Å². The van der Waals surface area contributed by atoms with Crippen LogP contribution in [-0.4, -0.2) is 9.97 Å². The predicted molar refractivity (Wildman–Crippen MR) is 103 cm³/mol. The number of benzene rings is 3. The zero-order valence-corrected chi connectivity index (χ0v) is 14.2. The Hall–Kier alpha value is -2.97. The van der Waals surface area contributed by atoms with Crippen LogP contribution in [0.15, 0.2) is 91.0 Å². The number of rotatable bonds is 3. The van der Waals surface area contributed by atoms with Crippen molar-refractivity contribution >= 4 is 11.6 Å². The molecule has 0 N–H and O–H groups in total. The summed E-state index contributed by atoms with van der Waals surface area (Å²) >= 11 is 6.71. The van der Waals surface area contributed by atoms with Gasteiger partial charge in [0.05, 0.1) is 16.4 Å². The number of halogens is 1. The molecular weight excluding hydrogens is 328 g/mol. The summed E-state index contributed by atoms with van der Waals surface area (Å²) in [6.07, 6.45) is 0. The van der Waals surface area contributed by atoms with Gasteiger partial charge in [-0.1, -0.05) is 103 Å². The maximum Gasteiger partial charge on any atom is 0.160 e. The van der Waals surface area contributed by atoms with E-state index in [1.165, 1.54) is 0 Å². The second-order valence-corrected chi connectivity index (χ2v) is 6.03. The first-order valence-corrected chi connectivity index (χ1v) is 8.44. The third kappa shape index (κ3) is 3.17. The lowest BCUT2D eigenvalue weighted by Gasteiger charge is -2.12. The van der Waals surface area contributed by atoms with Crippen LogP contribution in [0.25, 0.3) is 33.9 Å². The van der Waals surface area contributed by atoms with Crippen molar-refractivity contribution in [1.29, 1.82) is 0 Å². The fraction of sp³-hybridized carbons (Fsp3) is 0. The molecule has 1 heterocycles. The molecule has 0 atom stereocenters. The Morgan fingerprint density at radius 1 is 0.480 bits per heavy atom. The monoisotopic (exact) mass is 342 g/mol. The van der Waals surface area contributed by atoms with Crippen molar-refractivity contribution in [3.05, 3.63) is 96.0 Å². The van der Waals surface area contributed by atoms with Crippen LogP contribution >= 0.6 is 11.6 Å². The highest BCUT2D eigenvalue weighted by Crippen LogP contribution is 2.35. The lowest BCUT2D eigenvalue weighted by Crippen LogP contribution is -1.97. The third-order valence-corrected chi connectivity index (χ3v) is 4.34. The Morgan fingerprint density at radius 2 is 0.840 bits per heavy atom. The molecule has 3 heteroatoms. The van der Waals surface area contributed by atoms with Crippen LogP contribution in [0.2, 0.25) is 5.02 Å². The molecular formula is C22H15ClN2. The van der Waals surface area contributed by atoms with Gasteiger partial charge in [0.15, 0.2) is 5.82 Å². The normalized spacial score (nSPS) is 10.6. The summed E-state index contributed by atoms with van der Waals surface area (Å²) < 4.78 is 0. The van der Waals surface area contributed by atoms with Crippen molar-refractivity contribution in [3.8, 4) is 33.9 Å². The minimum atomic E-state index is 0.567. The molecule has 0 amide bonds. The van der Waals surface area contributed by atoms with Crippen molar-refractivity contribution < 1.29 is 0 Å². The molecule has 0 saturated heterocycles. The molecule has 0 unspecified atom stereocenters. The molecule has 0 fully saturated rings. The summed E-state index contributed by atoms with van der Waals surface area (Å²) in [7, 11) is 0. The van der Waals surface area contributed by atoms with E-state index in [2.05, 4.69) is 0 Å². The first-order chi connectivity index (χ1) is 12.3. The van der Waals surface area contributed by atoms with Gasteiger partial charge in [-0.25, -0.2) is 9.97 Å². The van der Waals surface area contributed by atoms with Crippen molar-refractivity contribution in [2.24, 2.45) is 0 Å². The van der Waals surface area contributed by atoms with Crippen LogP contribution in [-0.2, 0) is 0 Å². The van der Waals surface area contributed by atoms with Crippen molar-refractivity contribution in [1.82, 2.24) is 9.97 Å². The van der Waals surface area contributed by atoms with Crippen molar-refractivity contribution in [2.75, 3.05) is 0 Å². The largest absolute Gasteiger partial charge is 0.226 e. The smallest absolute Gasteiger partial charge is 0.160 e. The van der Waals surface area contributed by atoms with Gasteiger partial charge < -0.3 is 0 Å². The highest BCUT2D eigenvalue weighted by molar-refractivity contribution is 6.35. The maximum atomic E-state index is 6.71. The molecule has 0 saturated carbocycles. The lowest BCUT2D eigenvalue weighted by atomic mass is 10.1. The Bertz CT molecular complexity index is 924. The molecule has 0 aliphatic heterocycles. The van der Waals surface area contributed by atoms with E-state index in [0.717, 1.165) is 28.1 Å². The first kappa shape index (κ1) is 15.6. The number of nitrogens with zero attached hydrogens (tertiary/aromatic N) is 2. The molecule has 4 aromatic rings. The van der Waals surface area contributed by atoms with E-state index in [4.69, 9.17) is 21.6 Å². The van der Waals surface area contributed by atoms with E-state index in [0.29, 0.717) is 10.8 Å². The quantitative estimate of drug-likeness (QED) is 0.447. The molecule has 0 aliphatic rings. The standard InChI is InChI=1S/C22H15ClN2/c23-19-20(16-10-4-1-5-11-16)24-22(18-14-8-3-9-15-18)25-21(19)17-12-6-2-7-13-17/h1-15H. The van der Waals surface area contributed by atoms with Crippen LogP contribution in [0.4, 0.5) is 0 Å². The summed E-state index contributed by atoms with van der Waals surface area (Å²) in [6.45, 7) is 0. The van der Waals surface area contributed by atoms with Crippen LogP contribution in [0.3, 0.4) is 0 Å². The predicted octanol–water partition coefficient (Wildman–Crippen LogP) is 6.13. The third-order valence-electron chi connectivity index (χ3n) is 3.98. The van der Waals surface area contributed by atoms with E-state index >= 15 is 0 Å². The molecule has 0 bridgehead atoms. The fourth-order valence-corrected chi connectivity index (χ4v) is 3.04. The van der Waals surface area contributed by atoms with Gasteiger partial charge in [0.2, 0.25) is 0 Å². The van der Waals surface area contributed by atoms with Gasteiger partial charge >= 0.3 is 0 Å². The first-order valence-electron chi connectivity index (χ1n) is 8.07. The SMILES string of the molecule is Clc1c(-c2ccccc2)nc(-c2ccccc2)nc1-c1ccccc1. The zero-order chi connectivity index (χ0) is 17.1. The Kier molecular flexibility index (Phi) is 4.28. The Morgan fingerprint density at radius 3 is 1.24 bits per heavy atom. The topological polar surface area (TPSA) is 25.8 Å². The van der Waals surface area contributed by atoms with Crippen LogP contribution in [0.1, 0.15) is 0 Å². The summed E-state index contributed by atoms with van der Waals surface area (Å²) in [5.74, 6) is 0.669. The lowest BCUT2D eigenvalue weighted by molar-refractivity contribution is 1.18. The molecule has 120 valence electrons. The van der Waals surface area contributed by atoms with E-state index in [9.17, 15) is 0 Å². The second kappa shape index (κ2) is 6.88. The van der Waals surface area contributed by atoms with E-state index in [1.807, 2.05) is 91.0 Å². The highest BCUT2D eigenvalue weighted by Gasteiger charge is 2.16. The molecule has 2 nitrogen and oxygen atoms in total. The number of hydrogen-bond donors (Lipinski definition) is 0. The van der Waals surface area contributed by atoms with Gasteiger partial charge in [-0.05, 0) is 0 Å². The maximum absolute atomic E-state index is 6.71. The average molecular weight is 343 g/mol. The number of hydrogen-bond acceptors (Lipinski definition) is 2. The second-order valence-electron chi connectivity index (χ2n) is 5.66. The summed E-state index contributed by atoms with van der Waals surface area (Å²) in [5.41, 5.74) is 4.41. The molecule has 0 radical (unpaired) electrons. The molecule has 0 aliphatic carbocycles. The molecule has 0 spiro atoms. The van der Waals surface area contributed by atoms with Crippen molar-refractivity contribution in [2.45, 2.75) is 0 Å². The van der Waals surface area contributed by atoms with Crippen LogP contribution in [0.5, 0.6) is 0 Å². The molecule has 1 aromatic heterocycles. The number of aromatic nitrogens is 2. The van der Waals surface area contributed by atoms with Gasteiger partial charge in [-0.15, -0.1) is 0 Å². The zero-order valence-electron chi connectivity index (χ0n) is 13.4. The Labute approximate surface area is 151 Å². The summed E-state index contributed by atoms with van der Waals surface area (Å²) in [6, 6.07) is 29.9. The van der Waals surface area contributed by atoms with Gasteiger partial charge in [0.25, 0.3) is 0 Å². The summed E-state index contributed by atoms with van der Waals surface area (Å²) in [5, 5.41) is 0.567. The fourth-order valence-electron chi connectivity index (χ4n) is 2.74. The minimum absolute atomic E-state index is 0.567. The van der Waals surface area contributed by atoms with E-state index in [-0.39, 0.29) is 0 Å². The van der Waals surface area contributed by atoms with Gasteiger partial charge in [0, 0.05) is 16.7 Å². The van der Waals surface area contributed by atoms with Gasteiger partial charge in [-0.2, -0.15) is 0 Å². The van der Waals surface area contributed by atoms with Gasteiger partial charge in [-0.3, -0.25) is 0 Å². The molecule has 3 aromatic carbocycles. The summed E-state index contributed by atoms with van der Waals surface area (Å²) in [4.78, 5) is 9.51. The Balaban J connectivity index is 1.98. The van der Waals surface area contributed by atoms with Crippen LogP contribution < -0.4 is 0 Å². The molecule has 4 rings (SSSR count). The van der Waals surface area contributed by atoms with Crippen molar-refractivity contribution in [3.63, 3.8) is 0 Å². The van der Waals surface area contributed by atoms with E-state index in [1.54, 1.807) is 0 Å². The van der Waals surface area contributed by atoms with E-state index < -0.39 is 0 Å². The average Bonchev–Trinajstić information content (AvgIpc) is 2.70. The van der Waals surface area contributed by atoms with Gasteiger partial charge in [0.1, 0.15) is 0 Å². The molecule has 25 heavy (non-hydrogen) atoms. The highest BCUT2D eigenvalue weighted by atomic mass is 35.5. The minimum Gasteiger partial charge on any atom is -0.226 e.